The van der Waals surface area contributed by atoms with E-state index in [1.54, 1.807) is 0 Å². The zero-order valence-electron chi connectivity index (χ0n) is 35.2. The highest BCUT2D eigenvalue weighted by Gasteiger charge is 2.37. The van der Waals surface area contributed by atoms with Crippen LogP contribution in [0.4, 0.5) is 28.4 Å². The van der Waals surface area contributed by atoms with Crippen molar-refractivity contribution in [3.05, 3.63) is 187 Å². The van der Waals surface area contributed by atoms with E-state index in [-0.39, 0.29) is 17.5 Å². The first-order valence-corrected chi connectivity index (χ1v) is 21.3. The fourth-order valence-electron chi connectivity index (χ4n) is 9.75. The van der Waals surface area contributed by atoms with E-state index in [4.69, 9.17) is 0 Å². The molecule has 0 fully saturated rings. The SMILES string of the molecule is CC(C)(C)c1ccc(N(c2ccc(C(C)(C)C)cc2)c2ccc3c(c2)-n2c4ccccc4c4cc5cc(c42)B3c2ccc(-c3ccccc3)cc2Nc2ccccc2-5)cc1. The second-order valence-corrected chi connectivity index (χ2v) is 18.8. The van der Waals surface area contributed by atoms with Crippen molar-refractivity contribution in [1.82, 2.24) is 4.57 Å². The molecular weight excluding hydrogens is 725 g/mol. The quantitative estimate of drug-likeness (QED) is 0.180. The number of nitrogens with one attached hydrogen (secondary N) is 1. The second kappa shape index (κ2) is 13.4. The van der Waals surface area contributed by atoms with Gasteiger partial charge in [0, 0.05) is 56.0 Å². The Morgan fingerprint density at radius 1 is 0.450 bits per heavy atom. The molecule has 9 aromatic rings. The molecule has 2 aliphatic rings. The van der Waals surface area contributed by atoms with Gasteiger partial charge in [-0.25, -0.2) is 0 Å². The molecule has 2 aliphatic heterocycles. The largest absolute Gasteiger partial charge is 0.355 e. The summed E-state index contributed by atoms with van der Waals surface area (Å²) < 4.78 is 2.55. The van der Waals surface area contributed by atoms with Gasteiger partial charge in [-0.15, -0.1) is 0 Å². The van der Waals surface area contributed by atoms with E-state index in [0.717, 1.165) is 28.4 Å². The summed E-state index contributed by atoms with van der Waals surface area (Å²) in [7, 11) is 0. The van der Waals surface area contributed by atoms with E-state index in [9.17, 15) is 0 Å². The van der Waals surface area contributed by atoms with Crippen LogP contribution in [0.3, 0.4) is 0 Å². The van der Waals surface area contributed by atoms with Crippen LogP contribution in [-0.2, 0) is 10.8 Å². The average molecular weight is 774 g/mol. The van der Waals surface area contributed by atoms with E-state index in [1.807, 2.05) is 0 Å². The van der Waals surface area contributed by atoms with Gasteiger partial charge in [0.15, 0.2) is 0 Å². The first kappa shape index (κ1) is 36.3. The summed E-state index contributed by atoms with van der Waals surface area (Å²) in [5.41, 5.74) is 20.8. The molecule has 1 N–H and O–H groups in total. The van der Waals surface area contributed by atoms with Crippen LogP contribution in [0, 0.1) is 0 Å². The Hall–Kier alpha value is -6.78. The van der Waals surface area contributed by atoms with E-state index in [1.165, 1.54) is 77.3 Å². The first-order chi connectivity index (χ1) is 29.0. The topological polar surface area (TPSA) is 20.2 Å². The maximum atomic E-state index is 3.99. The van der Waals surface area contributed by atoms with Crippen LogP contribution < -0.4 is 26.6 Å². The van der Waals surface area contributed by atoms with Crippen molar-refractivity contribution >= 4 is 73.3 Å². The van der Waals surface area contributed by atoms with E-state index in [0.29, 0.717) is 0 Å². The monoisotopic (exact) mass is 773 g/mol. The van der Waals surface area contributed by atoms with Crippen LogP contribution in [0.1, 0.15) is 52.7 Å². The lowest BCUT2D eigenvalue weighted by Gasteiger charge is -2.32. The minimum absolute atomic E-state index is 0.0134. The Morgan fingerprint density at radius 3 is 1.77 bits per heavy atom. The standard InChI is InChI=1S/C56H48BN3/c1-55(2,3)39-21-25-41(26-22-39)59(42-27-23-40(24-28-42)56(4,5)6)43-29-31-48-53(35-43)60-52-19-13-11-17-45(52)46-32-38-33-49(54(46)60)57(48)47-30-20-37(36-14-8-7-9-15-36)34-51(47)58-50-18-12-10-16-44(38)50/h7-35,58H,1-6H3. The molecule has 11 rings (SSSR count). The molecule has 0 unspecified atom stereocenters. The molecule has 2 bridgehead atoms. The van der Waals surface area contributed by atoms with E-state index < -0.39 is 0 Å². The van der Waals surface area contributed by atoms with Crippen molar-refractivity contribution in [1.29, 1.82) is 0 Å². The molecule has 290 valence electrons. The Morgan fingerprint density at radius 2 is 1.07 bits per heavy atom. The highest BCUT2D eigenvalue weighted by Crippen LogP contribution is 2.42. The van der Waals surface area contributed by atoms with Crippen molar-refractivity contribution in [2.24, 2.45) is 0 Å². The first-order valence-electron chi connectivity index (χ1n) is 21.3. The summed E-state index contributed by atoms with van der Waals surface area (Å²) in [5.74, 6) is 0. The van der Waals surface area contributed by atoms with Gasteiger partial charge in [0.2, 0.25) is 6.71 Å². The molecule has 0 spiro atoms. The third-order valence-electron chi connectivity index (χ3n) is 12.9. The van der Waals surface area contributed by atoms with Crippen molar-refractivity contribution in [2.75, 3.05) is 10.2 Å². The number of hydrogen-bond acceptors (Lipinski definition) is 2. The number of fused-ring (bicyclic) bond motifs is 11. The van der Waals surface area contributed by atoms with Crippen molar-refractivity contribution in [3.8, 4) is 27.9 Å². The lowest BCUT2D eigenvalue weighted by molar-refractivity contribution is 0.590. The van der Waals surface area contributed by atoms with Crippen LogP contribution in [0.2, 0.25) is 0 Å². The minimum Gasteiger partial charge on any atom is -0.355 e. The summed E-state index contributed by atoms with van der Waals surface area (Å²) in [6, 6.07) is 66.0. The van der Waals surface area contributed by atoms with Crippen LogP contribution >= 0.6 is 0 Å². The van der Waals surface area contributed by atoms with Gasteiger partial charge in [-0.2, -0.15) is 0 Å². The second-order valence-electron chi connectivity index (χ2n) is 18.8. The number of aromatic nitrogens is 1. The summed E-state index contributed by atoms with van der Waals surface area (Å²) in [4.78, 5) is 2.43. The molecule has 0 aliphatic carbocycles. The highest BCUT2D eigenvalue weighted by molar-refractivity contribution is 6.99. The number of rotatable bonds is 4. The van der Waals surface area contributed by atoms with Gasteiger partial charge in [-0.3, -0.25) is 0 Å². The van der Waals surface area contributed by atoms with Crippen LogP contribution in [0.5, 0.6) is 0 Å². The molecule has 0 saturated carbocycles. The minimum atomic E-state index is -0.0134. The zero-order valence-corrected chi connectivity index (χ0v) is 35.2. The molecule has 0 amide bonds. The molecule has 8 aromatic carbocycles. The lowest BCUT2D eigenvalue weighted by Crippen LogP contribution is -2.56. The van der Waals surface area contributed by atoms with Gasteiger partial charge >= 0.3 is 0 Å². The van der Waals surface area contributed by atoms with Gasteiger partial charge in [0.05, 0.1) is 5.52 Å². The van der Waals surface area contributed by atoms with Gasteiger partial charge in [-0.05, 0) is 116 Å². The summed E-state index contributed by atoms with van der Waals surface area (Å²) >= 11 is 0. The predicted octanol–water partition coefficient (Wildman–Crippen LogP) is 13.1. The van der Waals surface area contributed by atoms with E-state index in [2.05, 4.69) is 232 Å². The van der Waals surface area contributed by atoms with Crippen LogP contribution in [0.25, 0.3) is 49.7 Å². The molecule has 60 heavy (non-hydrogen) atoms. The third kappa shape index (κ3) is 5.80. The predicted molar refractivity (Wildman–Crippen MR) is 258 cm³/mol. The molecule has 3 nitrogen and oxygen atoms in total. The van der Waals surface area contributed by atoms with Crippen molar-refractivity contribution < 1.29 is 0 Å². The molecule has 0 radical (unpaired) electrons. The van der Waals surface area contributed by atoms with Gasteiger partial charge in [-0.1, -0.05) is 157 Å². The fraction of sp³-hybridized carbons (Fsp3) is 0.143. The van der Waals surface area contributed by atoms with Gasteiger partial charge < -0.3 is 14.8 Å². The van der Waals surface area contributed by atoms with Crippen LogP contribution in [0.15, 0.2) is 176 Å². The average Bonchev–Trinajstić information content (AvgIpc) is 3.61. The number of anilines is 5. The summed E-state index contributed by atoms with van der Waals surface area (Å²) in [6.07, 6.45) is 0. The lowest BCUT2D eigenvalue weighted by atomic mass is 9.35. The molecular formula is C56H48BN3. The molecule has 1 aromatic heterocycles. The van der Waals surface area contributed by atoms with Crippen molar-refractivity contribution in [3.63, 3.8) is 0 Å². The van der Waals surface area contributed by atoms with Crippen LogP contribution in [-0.4, -0.2) is 11.3 Å². The maximum Gasteiger partial charge on any atom is 0.249 e. The number of benzene rings is 8. The Labute approximate surface area is 354 Å². The Kier molecular flexibility index (Phi) is 8.09. The smallest absolute Gasteiger partial charge is 0.249 e. The molecule has 0 atom stereocenters. The molecule has 3 heterocycles. The van der Waals surface area contributed by atoms with Crippen molar-refractivity contribution in [2.45, 2.75) is 52.4 Å². The third-order valence-corrected chi connectivity index (χ3v) is 12.9. The van der Waals surface area contributed by atoms with Gasteiger partial charge in [0.25, 0.3) is 0 Å². The Bertz CT molecular complexity index is 3070. The fourth-order valence-corrected chi connectivity index (χ4v) is 9.75. The molecule has 4 heteroatoms. The number of nitrogens with zero attached hydrogens (tertiary/aromatic N) is 2. The van der Waals surface area contributed by atoms with E-state index >= 15 is 0 Å². The number of para-hydroxylation sites is 2. The normalized spacial score (nSPS) is 12.9. The molecule has 0 saturated heterocycles. The highest BCUT2D eigenvalue weighted by atomic mass is 15.1. The number of hydrogen-bond donors (Lipinski definition) is 1. The zero-order chi connectivity index (χ0) is 40.9. The van der Waals surface area contributed by atoms with Gasteiger partial charge in [0.1, 0.15) is 0 Å². The Balaban J connectivity index is 1.19. The summed E-state index contributed by atoms with van der Waals surface area (Å²) in [5, 5.41) is 6.54. The maximum absolute atomic E-state index is 3.99. The summed E-state index contributed by atoms with van der Waals surface area (Å²) in [6.45, 7) is 13.7.